The Bertz CT molecular complexity index is 824. The third kappa shape index (κ3) is 3.10. The number of rotatable bonds is 4. The normalized spacial score (nSPS) is 19.3. The summed E-state index contributed by atoms with van der Waals surface area (Å²) in [6.07, 6.45) is 2.88. The number of hydrogen-bond donors (Lipinski definition) is 1. The van der Waals surface area contributed by atoms with Gasteiger partial charge in [0.15, 0.2) is 0 Å². The van der Waals surface area contributed by atoms with Crippen LogP contribution in [0, 0.1) is 24.2 Å². The van der Waals surface area contributed by atoms with Gasteiger partial charge in [0.05, 0.1) is 11.4 Å². The summed E-state index contributed by atoms with van der Waals surface area (Å²) in [6, 6.07) is 6.34. The molecule has 3 heterocycles. The number of aromatic nitrogens is 3. The molecule has 0 radical (unpaired) electrons. The number of aliphatic hydroxyl groups excluding tert-OH is 1. The molecule has 1 N–H and O–H groups in total. The molecule has 6 heteroatoms. The molecule has 2 aliphatic rings. The van der Waals surface area contributed by atoms with Crippen LogP contribution in [0.2, 0.25) is 0 Å². The van der Waals surface area contributed by atoms with Crippen molar-refractivity contribution >= 4 is 0 Å². The van der Waals surface area contributed by atoms with Crippen LogP contribution in [0.25, 0.3) is 0 Å². The lowest BCUT2D eigenvalue weighted by atomic mass is 10.1. The Morgan fingerprint density at radius 2 is 2.16 bits per heavy atom. The molecule has 1 aliphatic heterocycles. The molecule has 2 aromatic rings. The zero-order chi connectivity index (χ0) is 17.6. The smallest absolute Gasteiger partial charge is 0.120 e. The Morgan fingerprint density at radius 3 is 2.84 bits per heavy atom. The SMILES string of the molecule is Cc1c(CN2CCCn3nc([C@H](O)C4CC4)cc3C2)cc(C#N)n1C. The number of hydrogen-bond acceptors (Lipinski definition) is 4. The average molecular weight is 339 g/mol. The van der Waals surface area contributed by atoms with Gasteiger partial charge in [-0.25, -0.2) is 0 Å². The van der Waals surface area contributed by atoms with Crippen LogP contribution in [0.5, 0.6) is 0 Å². The molecule has 25 heavy (non-hydrogen) atoms. The minimum Gasteiger partial charge on any atom is -0.386 e. The van der Waals surface area contributed by atoms with Gasteiger partial charge in [0.25, 0.3) is 0 Å². The van der Waals surface area contributed by atoms with Crippen LogP contribution < -0.4 is 0 Å². The molecule has 0 bridgehead atoms. The maximum Gasteiger partial charge on any atom is 0.120 e. The first kappa shape index (κ1) is 16.4. The molecular formula is C19H25N5O. The maximum absolute atomic E-state index is 10.4. The molecular weight excluding hydrogens is 314 g/mol. The fourth-order valence-corrected chi connectivity index (χ4v) is 3.75. The molecule has 0 saturated heterocycles. The van der Waals surface area contributed by atoms with Crippen LogP contribution in [0.15, 0.2) is 12.1 Å². The summed E-state index contributed by atoms with van der Waals surface area (Å²) < 4.78 is 4.03. The van der Waals surface area contributed by atoms with Crippen LogP contribution in [0.4, 0.5) is 0 Å². The maximum atomic E-state index is 10.4. The lowest BCUT2D eigenvalue weighted by Crippen LogP contribution is -2.23. The predicted molar refractivity (Wildman–Crippen MR) is 93.5 cm³/mol. The van der Waals surface area contributed by atoms with Crippen molar-refractivity contribution in [2.24, 2.45) is 13.0 Å². The van der Waals surface area contributed by atoms with Gasteiger partial charge in [-0.3, -0.25) is 9.58 Å². The Morgan fingerprint density at radius 1 is 1.36 bits per heavy atom. The van der Waals surface area contributed by atoms with Crippen molar-refractivity contribution in [2.75, 3.05) is 6.54 Å². The van der Waals surface area contributed by atoms with E-state index in [4.69, 9.17) is 0 Å². The van der Waals surface area contributed by atoms with Gasteiger partial charge in [0.2, 0.25) is 0 Å². The second kappa shape index (κ2) is 6.32. The second-order valence-electron chi connectivity index (χ2n) is 7.44. The lowest BCUT2D eigenvalue weighted by molar-refractivity contribution is 0.148. The number of fused-ring (bicyclic) bond motifs is 1. The van der Waals surface area contributed by atoms with E-state index >= 15 is 0 Å². The Labute approximate surface area is 148 Å². The number of aliphatic hydroxyl groups is 1. The highest BCUT2D eigenvalue weighted by molar-refractivity contribution is 5.34. The summed E-state index contributed by atoms with van der Waals surface area (Å²) in [5, 5.41) is 24.2. The lowest BCUT2D eigenvalue weighted by Gasteiger charge is -2.19. The molecule has 0 unspecified atom stereocenters. The van der Waals surface area contributed by atoms with Crippen molar-refractivity contribution in [1.29, 1.82) is 5.26 Å². The zero-order valence-electron chi connectivity index (χ0n) is 14.9. The highest BCUT2D eigenvalue weighted by Crippen LogP contribution is 2.40. The Balaban J connectivity index is 1.52. The molecule has 1 saturated carbocycles. The van der Waals surface area contributed by atoms with Gasteiger partial charge in [-0.2, -0.15) is 10.4 Å². The molecule has 0 spiro atoms. The van der Waals surface area contributed by atoms with Gasteiger partial charge in [-0.15, -0.1) is 0 Å². The molecule has 0 aromatic carbocycles. The molecule has 1 atom stereocenters. The Kier molecular flexibility index (Phi) is 4.14. The number of nitriles is 1. The zero-order valence-corrected chi connectivity index (χ0v) is 14.9. The van der Waals surface area contributed by atoms with Crippen LogP contribution >= 0.6 is 0 Å². The first-order valence-electron chi connectivity index (χ1n) is 9.09. The third-order valence-corrected chi connectivity index (χ3v) is 5.63. The fraction of sp³-hybridized carbons (Fsp3) is 0.579. The van der Waals surface area contributed by atoms with Crippen molar-refractivity contribution in [3.63, 3.8) is 0 Å². The monoisotopic (exact) mass is 339 g/mol. The summed E-state index contributed by atoms with van der Waals surface area (Å²) in [7, 11) is 1.94. The number of aryl methyl sites for hydroxylation is 1. The van der Waals surface area contributed by atoms with E-state index in [1.165, 1.54) is 11.3 Å². The first-order chi connectivity index (χ1) is 12.1. The van der Waals surface area contributed by atoms with Crippen LogP contribution in [0.3, 0.4) is 0 Å². The highest BCUT2D eigenvalue weighted by Gasteiger charge is 2.33. The van der Waals surface area contributed by atoms with Crippen molar-refractivity contribution in [2.45, 2.75) is 51.9 Å². The van der Waals surface area contributed by atoms with Gasteiger partial charge in [-0.1, -0.05) is 0 Å². The second-order valence-corrected chi connectivity index (χ2v) is 7.44. The van der Waals surface area contributed by atoms with E-state index in [9.17, 15) is 10.4 Å². The average Bonchev–Trinajstić information content (AvgIpc) is 3.36. The first-order valence-corrected chi connectivity index (χ1v) is 9.09. The number of nitrogens with zero attached hydrogens (tertiary/aromatic N) is 5. The molecule has 4 rings (SSSR count). The summed E-state index contributed by atoms with van der Waals surface area (Å²) >= 11 is 0. The standard InChI is InChI=1S/C19H25N5O/c1-13-15(8-16(10-20)22(13)2)11-23-6-3-7-24-17(12-23)9-18(21-24)19(25)14-4-5-14/h8-9,14,19,25H,3-7,11-12H2,1-2H3/t19-/m1/s1. The van der Waals surface area contributed by atoms with Crippen LogP contribution in [-0.4, -0.2) is 30.9 Å². The summed E-state index contributed by atoms with van der Waals surface area (Å²) in [4.78, 5) is 2.41. The largest absolute Gasteiger partial charge is 0.386 e. The Hall–Kier alpha value is -2.10. The van der Waals surface area contributed by atoms with E-state index in [1.54, 1.807) is 0 Å². The van der Waals surface area contributed by atoms with Gasteiger partial charge >= 0.3 is 0 Å². The van der Waals surface area contributed by atoms with Crippen LogP contribution in [-0.2, 0) is 26.7 Å². The van der Waals surface area contributed by atoms with E-state index in [-0.39, 0.29) is 0 Å². The van der Waals surface area contributed by atoms with Crippen molar-refractivity contribution in [3.8, 4) is 6.07 Å². The summed E-state index contributed by atoms with van der Waals surface area (Å²) in [5.74, 6) is 0.409. The quantitative estimate of drug-likeness (QED) is 0.927. The van der Waals surface area contributed by atoms with E-state index in [1.807, 2.05) is 17.7 Å². The topological polar surface area (TPSA) is 70.0 Å². The molecule has 1 aliphatic carbocycles. The van der Waals surface area contributed by atoms with Gasteiger partial charge in [0.1, 0.15) is 17.9 Å². The fourth-order valence-electron chi connectivity index (χ4n) is 3.75. The van der Waals surface area contributed by atoms with E-state index in [2.05, 4.69) is 33.7 Å². The minimum absolute atomic E-state index is 0.401. The van der Waals surface area contributed by atoms with Crippen molar-refractivity contribution in [1.82, 2.24) is 19.2 Å². The van der Waals surface area contributed by atoms with Crippen LogP contribution in [0.1, 0.15) is 53.7 Å². The predicted octanol–water partition coefficient (Wildman–Crippen LogP) is 2.25. The van der Waals surface area contributed by atoms with E-state index < -0.39 is 6.10 Å². The molecule has 132 valence electrons. The summed E-state index contributed by atoms with van der Waals surface area (Å²) in [5.41, 5.74) is 5.09. The minimum atomic E-state index is -0.401. The molecule has 6 nitrogen and oxygen atoms in total. The molecule has 1 fully saturated rings. The van der Waals surface area contributed by atoms with E-state index in [0.717, 1.165) is 56.8 Å². The van der Waals surface area contributed by atoms with Gasteiger partial charge in [0, 0.05) is 38.9 Å². The summed E-state index contributed by atoms with van der Waals surface area (Å²) in [6.45, 7) is 5.66. The van der Waals surface area contributed by atoms with E-state index in [0.29, 0.717) is 11.6 Å². The molecule has 0 amide bonds. The van der Waals surface area contributed by atoms with Gasteiger partial charge in [-0.05, 0) is 49.8 Å². The third-order valence-electron chi connectivity index (χ3n) is 5.63. The highest BCUT2D eigenvalue weighted by atomic mass is 16.3. The molecule has 2 aromatic heterocycles. The van der Waals surface area contributed by atoms with Gasteiger partial charge < -0.3 is 9.67 Å². The van der Waals surface area contributed by atoms with Crippen molar-refractivity contribution in [3.05, 3.63) is 40.5 Å². The van der Waals surface area contributed by atoms with Crippen molar-refractivity contribution < 1.29 is 5.11 Å².